The molecule has 0 amide bonds. The second-order valence-electron chi connectivity index (χ2n) is 3.97. The molecule has 0 aliphatic heterocycles. The van der Waals surface area contributed by atoms with Crippen LogP contribution in [-0.4, -0.2) is 17.4 Å². The van der Waals surface area contributed by atoms with E-state index in [4.69, 9.17) is 10.6 Å². The van der Waals surface area contributed by atoms with Crippen molar-refractivity contribution in [3.05, 3.63) is 0 Å². The fourth-order valence-electron chi connectivity index (χ4n) is 1.48. The maximum atomic E-state index is 11.0. The summed E-state index contributed by atoms with van der Waals surface area (Å²) in [6, 6.07) is 0. The molecule has 100 valence electrons. The van der Waals surface area contributed by atoms with Crippen LogP contribution in [0.1, 0.15) is 58.3 Å². The van der Waals surface area contributed by atoms with Crippen LogP contribution in [0.5, 0.6) is 0 Å². The van der Waals surface area contributed by atoms with E-state index in [1.807, 2.05) is 0 Å². The standard InChI is InChI=1S/C13H24O3S/c1-3-5-6-7-8-9-10-11-13-16-17(14)15-12-4-2/h2H,3,5-13H2,1H3/t17-/m0/s1. The summed E-state index contributed by atoms with van der Waals surface area (Å²) in [5.41, 5.74) is 0. The van der Waals surface area contributed by atoms with E-state index in [0.717, 1.165) is 12.8 Å². The summed E-state index contributed by atoms with van der Waals surface area (Å²) < 4.78 is 20.6. The van der Waals surface area contributed by atoms with E-state index in [0.29, 0.717) is 6.61 Å². The maximum Gasteiger partial charge on any atom is 0.305 e. The monoisotopic (exact) mass is 260 g/mol. The van der Waals surface area contributed by atoms with Gasteiger partial charge in [0.05, 0.1) is 6.61 Å². The molecule has 1 atom stereocenters. The van der Waals surface area contributed by atoms with Gasteiger partial charge in [-0.15, -0.1) is 6.42 Å². The van der Waals surface area contributed by atoms with E-state index in [1.165, 1.54) is 38.5 Å². The molecule has 0 fully saturated rings. The Balaban J connectivity index is 3.08. The lowest BCUT2D eigenvalue weighted by Gasteiger charge is -2.02. The summed E-state index contributed by atoms with van der Waals surface area (Å²) in [6.45, 7) is 2.73. The predicted octanol–water partition coefficient (Wildman–Crippen LogP) is 3.37. The molecule has 0 rings (SSSR count). The first-order valence-corrected chi connectivity index (χ1v) is 7.43. The van der Waals surface area contributed by atoms with Crippen LogP contribution in [0.15, 0.2) is 0 Å². The highest BCUT2D eigenvalue weighted by Crippen LogP contribution is 2.08. The molecule has 0 radical (unpaired) electrons. The molecule has 0 aliphatic carbocycles. The van der Waals surface area contributed by atoms with Crippen molar-refractivity contribution in [2.45, 2.75) is 58.3 Å². The van der Waals surface area contributed by atoms with Crippen LogP contribution >= 0.6 is 0 Å². The molecule has 4 heteroatoms. The average Bonchev–Trinajstić information content (AvgIpc) is 2.34. The smallest absolute Gasteiger partial charge is 0.268 e. The molecule has 0 heterocycles. The molecular formula is C13H24O3S. The fraction of sp³-hybridized carbons (Fsp3) is 0.846. The van der Waals surface area contributed by atoms with E-state index in [9.17, 15) is 4.21 Å². The molecule has 0 aliphatic rings. The van der Waals surface area contributed by atoms with Gasteiger partial charge in [-0.3, -0.25) is 8.37 Å². The van der Waals surface area contributed by atoms with Crippen molar-refractivity contribution in [1.82, 2.24) is 0 Å². The lowest BCUT2D eigenvalue weighted by Crippen LogP contribution is -2.03. The fourth-order valence-corrected chi connectivity index (χ4v) is 1.97. The third-order valence-corrected chi connectivity index (χ3v) is 3.09. The Bertz CT molecular complexity index is 223. The van der Waals surface area contributed by atoms with Gasteiger partial charge in [0.25, 0.3) is 0 Å². The summed E-state index contributed by atoms with van der Waals surface area (Å²) in [5, 5.41) is 0. The largest absolute Gasteiger partial charge is 0.305 e. The summed E-state index contributed by atoms with van der Waals surface area (Å²) >= 11 is -1.67. The highest BCUT2D eigenvalue weighted by Gasteiger charge is 1.99. The van der Waals surface area contributed by atoms with Crippen molar-refractivity contribution in [1.29, 1.82) is 0 Å². The molecule has 0 bridgehead atoms. The van der Waals surface area contributed by atoms with Crippen LogP contribution in [0.3, 0.4) is 0 Å². The van der Waals surface area contributed by atoms with E-state index < -0.39 is 11.4 Å². The van der Waals surface area contributed by atoms with Crippen molar-refractivity contribution < 1.29 is 12.6 Å². The molecule has 0 aromatic heterocycles. The highest BCUT2D eigenvalue weighted by atomic mass is 32.2. The molecular weight excluding hydrogens is 236 g/mol. The Morgan fingerprint density at radius 3 is 2.18 bits per heavy atom. The van der Waals surface area contributed by atoms with Gasteiger partial charge in [-0.2, -0.15) is 4.21 Å². The van der Waals surface area contributed by atoms with Crippen LogP contribution < -0.4 is 0 Å². The van der Waals surface area contributed by atoms with Crippen LogP contribution in [0.2, 0.25) is 0 Å². The van der Waals surface area contributed by atoms with Crippen molar-refractivity contribution in [2.24, 2.45) is 0 Å². The number of hydrogen-bond acceptors (Lipinski definition) is 3. The van der Waals surface area contributed by atoms with E-state index in [2.05, 4.69) is 17.0 Å². The third-order valence-electron chi connectivity index (χ3n) is 2.42. The molecule has 0 saturated heterocycles. The first kappa shape index (κ1) is 16.6. The molecule has 3 nitrogen and oxygen atoms in total. The Morgan fingerprint density at radius 2 is 1.59 bits per heavy atom. The minimum atomic E-state index is -1.67. The molecule has 0 N–H and O–H groups in total. The molecule has 0 aromatic rings. The van der Waals surface area contributed by atoms with Crippen LogP contribution in [0.4, 0.5) is 0 Å². The normalized spacial score (nSPS) is 12.2. The van der Waals surface area contributed by atoms with E-state index >= 15 is 0 Å². The van der Waals surface area contributed by atoms with Crippen molar-refractivity contribution >= 4 is 11.4 Å². The minimum Gasteiger partial charge on any atom is -0.268 e. The minimum absolute atomic E-state index is 0.0318. The molecule has 0 aromatic carbocycles. The van der Waals surface area contributed by atoms with Crippen molar-refractivity contribution in [3.8, 4) is 12.3 Å². The van der Waals surface area contributed by atoms with Gasteiger partial charge in [0.2, 0.25) is 0 Å². The third kappa shape index (κ3) is 13.6. The average molecular weight is 260 g/mol. The Kier molecular flexibility index (Phi) is 13.4. The zero-order chi connectivity index (χ0) is 12.8. The Hall–Kier alpha value is -0.370. The van der Waals surface area contributed by atoms with E-state index in [-0.39, 0.29) is 6.61 Å². The topological polar surface area (TPSA) is 35.5 Å². The summed E-state index contributed by atoms with van der Waals surface area (Å²) in [7, 11) is 0. The number of hydrogen-bond donors (Lipinski definition) is 0. The predicted molar refractivity (Wildman–Crippen MR) is 71.5 cm³/mol. The highest BCUT2D eigenvalue weighted by molar-refractivity contribution is 7.75. The molecule has 0 spiro atoms. The second kappa shape index (κ2) is 13.7. The van der Waals surface area contributed by atoms with Crippen LogP contribution in [0.25, 0.3) is 0 Å². The van der Waals surface area contributed by atoms with E-state index in [1.54, 1.807) is 0 Å². The van der Waals surface area contributed by atoms with Gasteiger partial charge in [-0.1, -0.05) is 57.8 Å². The summed E-state index contributed by atoms with van der Waals surface area (Å²) in [6.07, 6.45) is 14.8. The van der Waals surface area contributed by atoms with Gasteiger partial charge in [0.15, 0.2) is 0 Å². The number of rotatable bonds is 12. The lowest BCUT2D eigenvalue weighted by atomic mass is 10.1. The Morgan fingerprint density at radius 1 is 1.00 bits per heavy atom. The van der Waals surface area contributed by atoms with Gasteiger partial charge in [-0.25, -0.2) is 0 Å². The first-order valence-electron chi connectivity index (χ1n) is 6.43. The summed E-state index contributed by atoms with van der Waals surface area (Å²) in [5.74, 6) is 2.24. The van der Waals surface area contributed by atoms with Gasteiger partial charge >= 0.3 is 11.4 Å². The quantitative estimate of drug-likeness (QED) is 0.398. The Labute approximate surface area is 108 Å². The summed E-state index contributed by atoms with van der Waals surface area (Å²) in [4.78, 5) is 0. The van der Waals surface area contributed by atoms with Crippen LogP contribution in [0, 0.1) is 12.3 Å². The molecule has 0 unspecified atom stereocenters. The molecule has 0 saturated carbocycles. The SMILES string of the molecule is C#CCO[S@](=O)OCCCCCCCCCC. The van der Waals surface area contributed by atoms with Crippen LogP contribution in [-0.2, 0) is 19.7 Å². The first-order chi connectivity index (χ1) is 8.31. The van der Waals surface area contributed by atoms with Gasteiger partial charge in [0.1, 0.15) is 6.61 Å². The zero-order valence-corrected chi connectivity index (χ0v) is 11.6. The van der Waals surface area contributed by atoms with Gasteiger partial charge < -0.3 is 0 Å². The molecule has 17 heavy (non-hydrogen) atoms. The van der Waals surface area contributed by atoms with Crippen molar-refractivity contribution in [2.75, 3.05) is 13.2 Å². The maximum absolute atomic E-state index is 11.0. The lowest BCUT2D eigenvalue weighted by molar-refractivity contribution is 0.263. The van der Waals surface area contributed by atoms with Gasteiger partial charge in [-0.05, 0) is 6.42 Å². The number of unbranched alkanes of at least 4 members (excludes halogenated alkanes) is 7. The second-order valence-corrected chi connectivity index (χ2v) is 4.85. The number of terminal acetylenes is 1. The van der Waals surface area contributed by atoms with Crippen molar-refractivity contribution in [3.63, 3.8) is 0 Å². The van der Waals surface area contributed by atoms with Gasteiger partial charge in [0, 0.05) is 0 Å². The zero-order valence-electron chi connectivity index (χ0n) is 10.8.